The average Bonchev–Trinajstić information content (AvgIpc) is 3.08. The van der Waals surface area contributed by atoms with Gasteiger partial charge in [-0.1, -0.05) is 18.5 Å². The van der Waals surface area contributed by atoms with Crippen molar-refractivity contribution in [3.63, 3.8) is 0 Å². The highest BCUT2D eigenvalue weighted by molar-refractivity contribution is 6.32. The smallest absolute Gasteiger partial charge is 0.251 e. The van der Waals surface area contributed by atoms with Crippen molar-refractivity contribution < 1.29 is 14.3 Å². The van der Waals surface area contributed by atoms with Crippen molar-refractivity contribution in [3.8, 4) is 5.75 Å². The molecule has 1 saturated heterocycles. The van der Waals surface area contributed by atoms with Crippen molar-refractivity contribution in [2.24, 2.45) is 5.92 Å². The third kappa shape index (κ3) is 4.74. The van der Waals surface area contributed by atoms with Gasteiger partial charge >= 0.3 is 0 Å². The summed E-state index contributed by atoms with van der Waals surface area (Å²) in [4.78, 5) is 16.6. The average molecular weight is 375 g/mol. The lowest BCUT2D eigenvalue weighted by molar-refractivity contribution is 0.0925. The molecule has 6 heteroatoms. The summed E-state index contributed by atoms with van der Waals surface area (Å²) in [7, 11) is 0. The zero-order valence-corrected chi connectivity index (χ0v) is 15.5. The highest BCUT2D eigenvalue weighted by Gasteiger charge is 2.30. The molecule has 0 radical (unpaired) electrons. The van der Waals surface area contributed by atoms with Crippen molar-refractivity contribution in [2.75, 3.05) is 19.8 Å². The Morgan fingerprint density at radius 1 is 1.31 bits per heavy atom. The summed E-state index contributed by atoms with van der Waals surface area (Å²) in [6.07, 6.45) is 5.31. The Labute approximate surface area is 158 Å². The Hall–Kier alpha value is -2.11. The highest BCUT2D eigenvalue weighted by Crippen LogP contribution is 2.26. The maximum Gasteiger partial charge on any atom is 0.251 e. The zero-order chi connectivity index (χ0) is 18.4. The van der Waals surface area contributed by atoms with Crippen LogP contribution in [0.25, 0.3) is 0 Å². The van der Waals surface area contributed by atoms with Crippen molar-refractivity contribution in [1.82, 2.24) is 10.3 Å². The van der Waals surface area contributed by atoms with Gasteiger partial charge in [0.05, 0.1) is 30.9 Å². The van der Waals surface area contributed by atoms with Crippen LogP contribution in [0.15, 0.2) is 42.7 Å². The minimum atomic E-state index is -0.149. The lowest BCUT2D eigenvalue weighted by atomic mass is 9.95. The third-order valence-corrected chi connectivity index (χ3v) is 4.71. The van der Waals surface area contributed by atoms with E-state index in [0.717, 1.165) is 12.8 Å². The normalized spacial score (nSPS) is 19.3. The van der Waals surface area contributed by atoms with Crippen LogP contribution in [0.2, 0.25) is 5.02 Å². The van der Waals surface area contributed by atoms with E-state index in [2.05, 4.69) is 10.3 Å². The molecule has 1 fully saturated rings. The summed E-state index contributed by atoms with van der Waals surface area (Å²) in [6.45, 7) is 3.79. The first-order chi connectivity index (χ1) is 12.7. The first kappa shape index (κ1) is 18.7. The van der Waals surface area contributed by atoms with Gasteiger partial charge in [0.25, 0.3) is 5.91 Å². The van der Waals surface area contributed by atoms with Gasteiger partial charge in [0, 0.05) is 23.9 Å². The van der Waals surface area contributed by atoms with E-state index < -0.39 is 0 Å². The number of halogens is 1. The number of benzene rings is 1. The number of carbonyl (C=O) groups is 1. The Balaban J connectivity index is 1.62. The molecule has 1 amide bonds. The SMILES string of the molecule is CCCOc1ccc(C(=O)N[C@@H]2COC[C@H]2Cc2ccncc2)cc1Cl. The standard InChI is InChI=1S/C20H23ClN2O3/c1-2-9-26-19-4-3-15(11-17(19)21)20(24)23-18-13-25-12-16(18)10-14-5-7-22-8-6-14/h3-8,11,16,18H,2,9-10,12-13H2,1H3,(H,23,24)/t16-,18-/m1/s1. The predicted octanol–water partition coefficient (Wildman–Crippen LogP) is 3.51. The van der Waals surface area contributed by atoms with E-state index in [1.54, 1.807) is 30.6 Å². The van der Waals surface area contributed by atoms with Gasteiger partial charge in [-0.25, -0.2) is 0 Å². The number of amides is 1. The van der Waals surface area contributed by atoms with Gasteiger partial charge in [-0.15, -0.1) is 0 Å². The lowest BCUT2D eigenvalue weighted by Crippen LogP contribution is -2.40. The van der Waals surface area contributed by atoms with E-state index in [9.17, 15) is 4.79 Å². The number of ether oxygens (including phenoxy) is 2. The number of nitrogens with one attached hydrogen (secondary N) is 1. The maximum absolute atomic E-state index is 12.6. The number of rotatable bonds is 7. The quantitative estimate of drug-likeness (QED) is 0.805. The molecular formula is C20H23ClN2O3. The third-order valence-electron chi connectivity index (χ3n) is 4.42. The van der Waals surface area contributed by atoms with Crippen molar-refractivity contribution in [2.45, 2.75) is 25.8 Å². The fraction of sp³-hybridized carbons (Fsp3) is 0.400. The molecule has 5 nitrogen and oxygen atoms in total. The molecule has 0 unspecified atom stereocenters. The molecule has 26 heavy (non-hydrogen) atoms. The molecule has 1 aromatic carbocycles. The fourth-order valence-electron chi connectivity index (χ4n) is 3.00. The van der Waals surface area contributed by atoms with Crippen molar-refractivity contribution >= 4 is 17.5 Å². The summed E-state index contributed by atoms with van der Waals surface area (Å²) >= 11 is 6.23. The second kappa shape index (κ2) is 9.01. The topological polar surface area (TPSA) is 60.5 Å². The second-order valence-corrected chi connectivity index (χ2v) is 6.84. The van der Waals surface area contributed by atoms with Crippen LogP contribution in [-0.4, -0.2) is 36.8 Å². The number of nitrogens with zero attached hydrogens (tertiary/aromatic N) is 1. The number of aromatic nitrogens is 1. The van der Waals surface area contributed by atoms with Gasteiger partial charge < -0.3 is 14.8 Å². The molecule has 2 aromatic rings. The number of hydrogen-bond donors (Lipinski definition) is 1. The Morgan fingerprint density at radius 3 is 2.85 bits per heavy atom. The Bertz CT molecular complexity index is 739. The summed E-state index contributed by atoms with van der Waals surface area (Å²) in [5.41, 5.74) is 1.71. The van der Waals surface area contributed by atoms with E-state index in [0.29, 0.717) is 36.2 Å². The molecule has 2 atom stereocenters. The molecule has 0 saturated carbocycles. The molecule has 1 aromatic heterocycles. The number of carbonyl (C=O) groups excluding carboxylic acids is 1. The predicted molar refractivity (Wildman–Crippen MR) is 101 cm³/mol. The van der Waals surface area contributed by atoms with Gasteiger partial charge in [-0.2, -0.15) is 0 Å². The second-order valence-electron chi connectivity index (χ2n) is 6.43. The monoisotopic (exact) mass is 374 g/mol. The first-order valence-electron chi connectivity index (χ1n) is 8.87. The van der Waals surface area contributed by atoms with Crippen LogP contribution >= 0.6 is 11.6 Å². The number of pyridine rings is 1. The van der Waals surface area contributed by atoms with E-state index in [1.165, 1.54) is 5.56 Å². The van der Waals surface area contributed by atoms with Crippen LogP contribution < -0.4 is 10.1 Å². The molecule has 0 bridgehead atoms. The summed E-state index contributed by atoms with van der Waals surface area (Å²) < 4.78 is 11.1. The molecular weight excluding hydrogens is 352 g/mol. The number of hydrogen-bond acceptors (Lipinski definition) is 4. The largest absolute Gasteiger partial charge is 0.492 e. The zero-order valence-electron chi connectivity index (χ0n) is 14.8. The summed E-state index contributed by atoms with van der Waals surface area (Å²) in [6, 6.07) is 9.09. The summed E-state index contributed by atoms with van der Waals surface area (Å²) in [5, 5.41) is 3.52. The van der Waals surface area contributed by atoms with E-state index in [-0.39, 0.29) is 17.9 Å². The van der Waals surface area contributed by atoms with Crippen LogP contribution in [0, 0.1) is 5.92 Å². The van der Waals surface area contributed by atoms with Crippen LogP contribution in [0.1, 0.15) is 29.3 Å². The lowest BCUT2D eigenvalue weighted by Gasteiger charge is -2.19. The molecule has 0 spiro atoms. The molecule has 2 heterocycles. The minimum absolute atomic E-state index is 0.0227. The molecule has 1 aliphatic rings. The molecule has 138 valence electrons. The minimum Gasteiger partial charge on any atom is -0.492 e. The highest BCUT2D eigenvalue weighted by atomic mass is 35.5. The van der Waals surface area contributed by atoms with Gasteiger partial charge in [-0.05, 0) is 48.7 Å². The first-order valence-corrected chi connectivity index (χ1v) is 9.25. The van der Waals surface area contributed by atoms with Crippen molar-refractivity contribution in [1.29, 1.82) is 0 Å². The maximum atomic E-state index is 12.6. The molecule has 0 aliphatic carbocycles. The molecule has 3 rings (SSSR count). The van der Waals surface area contributed by atoms with Crippen LogP contribution in [0.5, 0.6) is 5.75 Å². The van der Waals surface area contributed by atoms with Gasteiger partial charge in [-0.3, -0.25) is 9.78 Å². The summed E-state index contributed by atoms with van der Waals surface area (Å²) in [5.74, 6) is 0.693. The van der Waals surface area contributed by atoms with Gasteiger partial charge in [0.2, 0.25) is 0 Å². The van der Waals surface area contributed by atoms with Gasteiger partial charge in [0.15, 0.2) is 0 Å². The van der Waals surface area contributed by atoms with E-state index >= 15 is 0 Å². The van der Waals surface area contributed by atoms with E-state index in [1.807, 2.05) is 19.1 Å². The van der Waals surface area contributed by atoms with Crippen LogP contribution in [0.4, 0.5) is 0 Å². The molecule has 1 N–H and O–H groups in total. The fourth-order valence-corrected chi connectivity index (χ4v) is 3.24. The van der Waals surface area contributed by atoms with Gasteiger partial charge in [0.1, 0.15) is 5.75 Å². The van der Waals surface area contributed by atoms with Crippen molar-refractivity contribution in [3.05, 3.63) is 58.9 Å². The Kier molecular flexibility index (Phi) is 6.47. The molecule has 1 aliphatic heterocycles. The van der Waals surface area contributed by atoms with Crippen LogP contribution in [0.3, 0.4) is 0 Å². The van der Waals surface area contributed by atoms with E-state index in [4.69, 9.17) is 21.1 Å². The van der Waals surface area contributed by atoms with Crippen LogP contribution in [-0.2, 0) is 11.2 Å². The Morgan fingerprint density at radius 2 is 2.12 bits per heavy atom.